The first-order valence-electron chi connectivity index (χ1n) is 10.9. The zero-order valence-corrected chi connectivity index (χ0v) is 17.7. The van der Waals surface area contributed by atoms with Gasteiger partial charge in [0.2, 0.25) is 5.91 Å². The minimum Gasteiger partial charge on any atom is -0.489 e. The molecular formula is C24H25N5O3. The monoisotopic (exact) mass is 431 g/mol. The highest BCUT2D eigenvalue weighted by Gasteiger charge is 2.18. The molecule has 1 aliphatic heterocycles. The van der Waals surface area contributed by atoms with E-state index in [4.69, 9.17) is 4.74 Å². The third kappa shape index (κ3) is 4.22. The van der Waals surface area contributed by atoms with Crippen LogP contribution in [0.4, 0.5) is 5.82 Å². The first-order chi connectivity index (χ1) is 15.7. The van der Waals surface area contributed by atoms with Gasteiger partial charge in [-0.3, -0.25) is 14.5 Å². The van der Waals surface area contributed by atoms with Crippen LogP contribution in [0.5, 0.6) is 5.75 Å². The van der Waals surface area contributed by atoms with Crippen molar-refractivity contribution in [3.8, 4) is 5.75 Å². The number of hydrogen-bond acceptors (Lipinski definition) is 5. The lowest BCUT2D eigenvalue weighted by Crippen LogP contribution is -2.37. The fraction of sp³-hybridized carbons (Fsp3) is 0.292. The number of likely N-dealkylation sites (tertiary alicyclic amines) is 1. The number of aromatic nitrogens is 3. The maximum absolute atomic E-state index is 12.7. The van der Waals surface area contributed by atoms with Crippen LogP contribution in [-0.2, 0) is 11.4 Å². The van der Waals surface area contributed by atoms with Gasteiger partial charge in [-0.15, -0.1) is 0 Å². The largest absolute Gasteiger partial charge is 0.489 e. The Kier molecular flexibility index (Phi) is 5.60. The summed E-state index contributed by atoms with van der Waals surface area (Å²) in [6.45, 7) is 2.61. The van der Waals surface area contributed by atoms with Crippen molar-refractivity contribution in [3.05, 3.63) is 64.4 Å². The van der Waals surface area contributed by atoms with Crippen LogP contribution in [0.1, 0.15) is 24.8 Å². The van der Waals surface area contributed by atoms with Gasteiger partial charge in [-0.1, -0.05) is 36.8 Å². The van der Waals surface area contributed by atoms with Crippen molar-refractivity contribution >= 4 is 33.5 Å². The summed E-state index contributed by atoms with van der Waals surface area (Å²) in [7, 11) is 0. The summed E-state index contributed by atoms with van der Waals surface area (Å²) in [5, 5.41) is 10.9. The average Bonchev–Trinajstić information content (AvgIpc) is 3.21. The van der Waals surface area contributed by atoms with Gasteiger partial charge < -0.3 is 15.0 Å². The highest BCUT2D eigenvalue weighted by atomic mass is 16.5. The third-order valence-corrected chi connectivity index (χ3v) is 5.83. The SMILES string of the molecule is O=C(CN1CCCCC1)Nc1n[nH]c(=O)c2[nH]c3ccc(OCc4ccccc4)cc3c12. The number of amides is 1. The molecule has 3 heterocycles. The molecule has 1 aliphatic rings. The highest BCUT2D eigenvalue weighted by Crippen LogP contribution is 2.31. The summed E-state index contributed by atoms with van der Waals surface area (Å²) in [6, 6.07) is 15.5. The maximum Gasteiger partial charge on any atom is 0.288 e. The van der Waals surface area contributed by atoms with E-state index in [1.807, 2.05) is 48.5 Å². The molecule has 32 heavy (non-hydrogen) atoms. The molecule has 2 aromatic carbocycles. The lowest BCUT2D eigenvalue weighted by atomic mass is 10.1. The summed E-state index contributed by atoms with van der Waals surface area (Å²) in [5.74, 6) is 0.875. The quantitative estimate of drug-likeness (QED) is 0.434. The molecule has 0 atom stereocenters. The van der Waals surface area contributed by atoms with Crippen molar-refractivity contribution < 1.29 is 9.53 Å². The van der Waals surface area contributed by atoms with Crippen LogP contribution in [0.25, 0.3) is 21.8 Å². The van der Waals surface area contributed by atoms with Crippen LogP contribution in [0.3, 0.4) is 0 Å². The van der Waals surface area contributed by atoms with Crippen LogP contribution >= 0.6 is 0 Å². The molecular weight excluding hydrogens is 406 g/mol. The Bertz CT molecular complexity index is 1310. The molecule has 1 fully saturated rings. The molecule has 0 radical (unpaired) electrons. The van der Waals surface area contributed by atoms with Crippen LogP contribution in [-0.4, -0.2) is 45.6 Å². The van der Waals surface area contributed by atoms with Gasteiger partial charge in [0.15, 0.2) is 5.82 Å². The Balaban J connectivity index is 1.44. The smallest absolute Gasteiger partial charge is 0.288 e. The van der Waals surface area contributed by atoms with Crippen molar-refractivity contribution in [2.45, 2.75) is 25.9 Å². The lowest BCUT2D eigenvalue weighted by Gasteiger charge is -2.25. The van der Waals surface area contributed by atoms with Gasteiger partial charge in [0, 0.05) is 10.9 Å². The van der Waals surface area contributed by atoms with E-state index in [1.165, 1.54) is 6.42 Å². The molecule has 5 rings (SSSR count). The fourth-order valence-corrected chi connectivity index (χ4v) is 4.22. The number of fused-ring (bicyclic) bond motifs is 3. The molecule has 0 bridgehead atoms. The number of piperidine rings is 1. The van der Waals surface area contributed by atoms with Crippen molar-refractivity contribution in [3.63, 3.8) is 0 Å². The molecule has 0 unspecified atom stereocenters. The molecule has 0 aliphatic carbocycles. The number of carbonyl (C=O) groups excluding carboxylic acids is 1. The molecule has 1 saturated heterocycles. The van der Waals surface area contributed by atoms with E-state index in [0.29, 0.717) is 35.6 Å². The van der Waals surface area contributed by atoms with Crippen LogP contribution in [0, 0.1) is 0 Å². The predicted molar refractivity (Wildman–Crippen MR) is 124 cm³/mol. The molecule has 2 aromatic heterocycles. The maximum atomic E-state index is 12.7. The average molecular weight is 431 g/mol. The van der Waals surface area contributed by atoms with E-state index in [0.717, 1.165) is 42.4 Å². The number of hydrogen-bond donors (Lipinski definition) is 3. The third-order valence-electron chi connectivity index (χ3n) is 5.83. The number of ether oxygens (including phenoxy) is 1. The number of aromatic amines is 2. The summed E-state index contributed by atoms with van der Waals surface area (Å²) >= 11 is 0. The van der Waals surface area contributed by atoms with Crippen LogP contribution in [0.2, 0.25) is 0 Å². The Morgan fingerprint density at radius 3 is 2.72 bits per heavy atom. The normalized spacial score (nSPS) is 14.6. The van der Waals surface area contributed by atoms with E-state index in [9.17, 15) is 9.59 Å². The number of carbonyl (C=O) groups is 1. The first-order valence-corrected chi connectivity index (χ1v) is 10.9. The predicted octanol–water partition coefficient (Wildman–Crippen LogP) is 3.41. The first kappa shape index (κ1) is 20.3. The van der Waals surface area contributed by atoms with E-state index in [-0.39, 0.29) is 11.5 Å². The number of nitrogens with zero attached hydrogens (tertiary/aromatic N) is 2. The second kappa shape index (κ2) is 8.84. The summed E-state index contributed by atoms with van der Waals surface area (Å²) < 4.78 is 5.96. The molecule has 1 amide bonds. The Hall–Kier alpha value is -3.65. The van der Waals surface area contributed by atoms with Gasteiger partial charge in [-0.05, 0) is 49.7 Å². The van der Waals surface area contributed by atoms with Gasteiger partial charge in [0.1, 0.15) is 17.9 Å². The molecule has 164 valence electrons. The van der Waals surface area contributed by atoms with Gasteiger partial charge in [0.05, 0.1) is 11.9 Å². The molecule has 0 saturated carbocycles. The molecule has 8 nitrogen and oxygen atoms in total. The molecule has 3 N–H and O–H groups in total. The van der Waals surface area contributed by atoms with Crippen LogP contribution in [0.15, 0.2) is 53.3 Å². The van der Waals surface area contributed by atoms with E-state index in [1.54, 1.807) is 0 Å². The Labute approximate surface area is 184 Å². The van der Waals surface area contributed by atoms with Gasteiger partial charge >= 0.3 is 0 Å². The van der Waals surface area contributed by atoms with E-state index >= 15 is 0 Å². The zero-order chi connectivity index (χ0) is 21.9. The minimum absolute atomic E-state index is 0.140. The lowest BCUT2D eigenvalue weighted by molar-refractivity contribution is -0.117. The van der Waals surface area contributed by atoms with E-state index < -0.39 is 0 Å². The van der Waals surface area contributed by atoms with Gasteiger partial charge in [-0.25, -0.2) is 5.10 Å². The number of rotatable bonds is 6. The topological polar surface area (TPSA) is 103 Å². The van der Waals surface area contributed by atoms with Crippen molar-refractivity contribution in [1.82, 2.24) is 20.1 Å². The molecule has 4 aromatic rings. The van der Waals surface area contributed by atoms with Crippen molar-refractivity contribution in [2.24, 2.45) is 0 Å². The Morgan fingerprint density at radius 1 is 1.09 bits per heavy atom. The number of benzene rings is 2. The summed E-state index contributed by atoms with van der Waals surface area (Å²) in [5.41, 5.74) is 1.88. The number of nitrogens with one attached hydrogen (secondary N) is 3. The summed E-state index contributed by atoms with van der Waals surface area (Å²) in [4.78, 5) is 30.4. The highest BCUT2D eigenvalue weighted by molar-refractivity contribution is 6.14. The minimum atomic E-state index is -0.336. The van der Waals surface area contributed by atoms with Crippen LogP contribution < -0.4 is 15.6 Å². The molecule has 0 spiro atoms. The van der Waals surface area contributed by atoms with Crippen molar-refractivity contribution in [1.29, 1.82) is 0 Å². The summed E-state index contributed by atoms with van der Waals surface area (Å²) in [6.07, 6.45) is 3.44. The number of anilines is 1. The molecule has 8 heteroatoms. The second-order valence-electron chi connectivity index (χ2n) is 8.14. The van der Waals surface area contributed by atoms with Gasteiger partial charge in [-0.2, -0.15) is 5.10 Å². The Morgan fingerprint density at radius 2 is 1.91 bits per heavy atom. The fourth-order valence-electron chi connectivity index (χ4n) is 4.22. The standard InChI is InChI=1S/C24H25N5O3/c30-20(14-29-11-5-2-6-12-29)26-23-21-18-13-17(32-15-16-7-3-1-4-8-16)9-10-19(18)25-22(21)24(31)28-27-23/h1,3-4,7-10,13,25H,2,5-6,11-12,14-15H2,(H,28,31)(H,26,27,30). The number of H-pyrrole nitrogens is 2. The van der Waals surface area contributed by atoms with Crippen molar-refractivity contribution in [2.75, 3.05) is 25.0 Å². The second-order valence-corrected chi connectivity index (χ2v) is 8.14. The van der Waals surface area contributed by atoms with E-state index in [2.05, 4.69) is 25.4 Å². The zero-order valence-electron chi connectivity index (χ0n) is 17.7. The van der Waals surface area contributed by atoms with Gasteiger partial charge in [0.25, 0.3) is 5.56 Å².